The van der Waals surface area contributed by atoms with Gasteiger partial charge >= 0.3 is 0 Å². The molecule has 5 rings (SSSR count). The lowest BCUT2D eigenvalue weighted by Crippen LogP contribution is -2.34. The third-order valence-corrected chi connectivity index (χ3v) is 7.90. The molecule has 2 amide bonds. The maximum Gasteiger partial charge on any atom is 0.286 e. The van der Waals surface area contributed by atoms with Crippen LogP contribution in [0.2, 0.25) is 0 Å². The highest BCUT2D eigenvalue weighted by Crippen LogP contribution is 2.32. The van der Waals surface area contributed by atoms with E-state index in [1.54, 1.807) is 64.0 Å². The Balaban J connectivity index is 1.31. The zero-order valence-corrected chi connectivity index (χ0v) is 26.3. The molecule has 0 radical (unpaired) electrons. The summed E-state index contributed by atoms with van der Waals surface area (Å²) in [4.78, 5) is 39.9. The number of hydrogen-bond acceptors (Lipinski definition) is 8. The van der Waals surface area contributed by atoms with E-state index in [-0.39, 0.29) is 50.2 Å². The molecule has 0 fully saturated rings. The first-order valence-corrected chi connectivity index (χ1v) is 15.3. The monoisotopic (exact) mass is 641 g/mol. The summed E-state index contributed by atoms with van der Waals surface area (Å²) >= 11 is 0. The molecular weight excluding hydrogens is 602 g/mol. The molecule has 2 heterocycles. The maximum atomic E-state index is 13.8. The largest absolute Gasteiger partial charge is 0.459 e. The number of nitrogens with zero attached hydrogens (tertiary/aromatic N) is 2. The number of aliphatic hydroxyl groups excluding tert-OH is 1. The number of hydrogen-bond donors (Lipinski definition) is 4. The highest BCUT2D eigenvalue weighted by atomic mass is 16.7. The number of nitrogens with two attached hydrogens (primary N) is 1. The molecular formula is C35H39N5O7. The summed E-state index contributed by atoms with van der Waals surface area (Å²) in [7, 11) is 1.82. The van der Waals surface area contributed by atoms with E-state index in [1.807, 2.05) is 44.3 Å². The van der Waals surface area contributed by atoms with Crippen LogP contribution in [0, 0.1) is 6.92 Å². The Morgan fingerprint density at radius 3 is 2.43 bits per heavy atom. The Morgan fingerprint density at radius 2 is 1.70 bits per heavy atom. The molecule has 0 unspecified atom stereocenters. The molecule has 0 aliphatic carbocycles. The second kappa shape index (κ2) is 15.4. The van der Waals surface area contributed by atoms with Gasteiger partial charge in [-0.15, -0.1) is 0 Å². The van der Waals surface area contributed by atoms with Gasteiger partial charge in [0.05, 0.1) is 43.5 Å². The Kier molecular flexibility index (Phi) is 10.9. The first-order valence-electron chi connectivity index (χ1n) is 15.3. The number of para-hydroxylation sites is 3. The lowest BCUT2D eigenvalue weighted by atomic mass is 9.93. The molecule has 0 saturated carbocycles. The number of nitrogen functional groups attached to an aromatic ring is 1. The van der Waals surface area contributed by atoms with Gasteiger partial charge in [0.15, 0.2) is 5.76 Å². The van der Waals surface area contributed by atoms with Gasteiger partial charge in [0, 0.05) is 42.8 Å². The van der Waals surface area contributed by atoms with E-state index >= 15 is 0 Å². The molecule has 12 nitrogen and oxygen atoms in total. The molecule has 4 aromatic rings. The van der Waals surface area contributed by atoms with Gasteiger partial charge < -0.3 is 35.7 Å². The van der Waals surface area contributed by atoms with Gasteiger partial charge in [0.1, 0.15) is 0 Å². The van der Waals surface area contributed by atoms with Gasteiger partial charge in [-0.05, 0) is 55.0 Å². The first kappa shape index (κ1) is 33.2. The van der Waals surface area contributed by atoms with E-state index in [0.717, 1.165) is 16.9 Å². The molecule has 2 atom stereocenters. The summed E-state index contributed by atoms with van der Waals surface area (Å²) in [6.45, 7) is 2.52. The minimum atomic E-state index is -0.816. The predicted octanol–water partition coefficient (Wildman–Crippen LogP) is 3.37. The van der Waals surface area contributed by atoms with Crippen molar-refractivity contribution in [2.24, 2.45) is 7.05 Å². The van der Waals surface area contributed by atoms with E-state index in [9.17, 15) is 14.4 Å². The van der Waals surface area contributed by atoms with Crippen LogP contribution in [0.5, 0.6) is 0 Å². The van der Waals surface area contributed by atoms with E-state index in [2.05, 4.69) is 10.6 Å². The van der Waals surface area contributed by atoms with Crippen LogP contribution < -0.4 is 21.9 Å². The Hall–Kier alpha value is -5.17. The van der Waals surface area contributed by atoms with Crippen LogP contribution >= 0.6 is 0 Å². The van der Waals surface area contributed by atoms with Crippen molar-refractivity contribution in [1.82, 2.24) is 14.7 Å². The zero-order valence-electron chi connectivity index (χ0n) is 26.3. The summed E-state index contributed by atoms with van der Waals surface area (Å²) in [5.74, 6) is -1.21. The SMILES string of the molecule is Cc1c([C@@H]2C=C(C(=O)NCc3ccc(C(=O)Nc4ccccc4N)cc3)O[C@H](OCCOCCO)C2)c(=O)n(-c2ccccc2)n1C. The average Bonchev–Trinajstić information content (AvgIpc) is 3.31. The molecule has 0 saturated heterocycles. The maximum absolute atomic E-state index is 13.8. The van der Waals surface area contributed by atoms with Crippen molar-refractivity contribution in [2.75, 3.05) is 37.5 Å². The number of rotatable bonds is 13. The second-order valence-corrected chi connectivity index (χ2v) is 11.0. The average molecular weight is 642 g/mol. The lowest BCUT2D eigenvalue weighted by molar-refractivity contribution is -0.151. The van der Waals surface area contributed by atoms with Crippen LogP contribution in [0.15, 0.2) is 95.5 Å². The van der Waals surface area contributed by atoms with E-state index < -0.39 is 18.1 Å². The van der Waals surface area contributed by atoms with Crippen molar-refractivity contribution in [3.63, 3.8) is 0 Å². The molecule has 1 aliphatic rings. The standard InChI is InChI=1S/C35H39N5O7/c1-23-32(35(44)40(39(23)2)27-8-4-3-5-9-27)26-20-30(47-31(21-26)46-19-18-45-17-16-41)34(43)37-22-24-12-14-25(15-13-24)33(42)38-29-11-7-6-10-28(29)36/h3-15,20,26,31,41H,16-19,21-22,36H2,1-2H3,(H,37,43)(H,38,42)/t26-,31+/m1/s1. The number of benzene rings is 3. The van der Waals surface area contributed by atoms with Crippen molar-refractivity contribution < 1.29 is 28.9 Å². The fourth-order valence-corrected chi connectivity index (χ4v) is 5.39. The van der Waals surface area contributed by atoms with Crippen LogP contribution in [0.25, 0.3) is 5.69 Å². The normalized spacial score (nSPS) is 15.9. The van der Waals surface area contributed by atoms with Crippen LogP contribution in [0.3, 0.4) is 0 Å². The summed E-state index contributed by atoms with van der Waals surface area (Å²) in [5, 5.41) is 14.6. The number of aliphatic hydroxyl groups is 1. The summed E-state index contributed by atoms with van der Waals surface area (Å²) in [5.41, 5.74) is 9.96. The van der Waals surface area contributed by atoms with Crippen LogP contribution in [-0.4, -0.2) is 59.0 Å². The summed E-state index contributed by atoms with van der Waals surface area (Å²) < 4.78 is 20.6. The molecule has 47 heavy (non-hydrogen) atoms. The molecule has 3 aromatic carbocycles. The van der Waals surface area contributed by atoms with Gasteiger partial charge in [0.25, 0.3) is 17.4 Å². The number of amides is 2. The number of ether oxygens (including phenoxy) is 3. The van der Waals surface area contributed by atoms with E-state index in [0.29, 0.717) is 28.9 Å². The molecule has 246 valence electrons. The Bertz CT molecular complexity index is 1780. The van der Waals surface area contributed by atoms with Gasteiger partial charge in [-0.25, -0.2) is 4.68 Å². The predicted molar refractivity (Wildman–Crippen MR) is 177 cm³/mol. The third kappa shape index (κ3) is 7.98. The van der Waals surface area contributed by atoms with Crippen LogP contribution in [0.1, 0.15) is 39.5 Å². The zero-order chi connectivity index (χ0) is 33.3. The van der Waals surface area contributed by atoms with Gasteiger partial charge in [-0.3, -0.25) is 19.1 Å². The smallest absolute Gasteiger partial charge is 0.286 e. The second-order valence-electron chi connectivity index (χ2n) is 11.0. The molecule has 12 heteroatoms. The van der Waals surface area contributed by atoms with Crippen LogP contribution in [0.4, 0.5) is 11.4 Å². The highest BCUT2D eigenvalue weighted by Gasteiger charge is 2.33. The van der Waals surface area contributed by atoms with Crippen molar-refractivity contribution in [3.05, 3.63) is 123 Å². The number of allylic oxidation sites excluding steroid dienone is 1. The van der Waals surface area contributed by atoms with E-state index in [1.165, 1.54) is 0 Å². The Morgan fingerprint density at radius 1 is 0.979 bits per heavy atom. The minimum absolute atomic E-state index is 0.0351. The van der Waals surface area contributed by atoms with Gasteiger partial charge in [-0.1, -0.05) is 42.5 Å². The van der Waals surface area contributed by atoms with Crippen molar-refractivity contribution in [1.29, 1.82) is 0 Å². The topological polar surface area (TPSA) is 159 Å². The highest BCUT2D eigenvalue weighted by molar-refractivity contribution is 6.05. The molecule has 0 bridgehead atoms. The molecule has 1 aromatic heterocycles. The third-order valence-electron chi connectivity index (χ3n) is 7.90. The number of anilines is 2. The summed E-state index contributed by atoms with van der Waals surface area (Å²) in [6, 6.07) is 23.2. The fraction of sp³-hybridized carbons (Fsp3) is 0.286. The van der Waals surface area contributed by atoms with Gasteiger partial charge in [-0.2, -0.15) is 0 Å². The first-order chi connectivity index (χ1) is 22.8. The fourth-order valence-electron chi connectivity index (χ4n) is 5.39. The van der Waals surface area contributed by atoms with Crippen LogP contribution in [-0.2, 0) is 32.6 Å². The minimum Gasteiger partial charge on any atom is -0.459 e. The number of carbonyl (C=O) groups excluding carboxylic acids is 2. The quantitative estimate of drug-likeness (QED) is 0.128. The Labute approximate surface area is 272 Å². The summed E-state index contributed by atoms with van der Waals surface area (Å²) in [6.07, 6.45) is 1.16. The molecule has 1 aliphatic heterocycles. The number of carbonyl (C=O) groups is 2. The van der Waals surface area contributed by atoms with Gasteiger partial charge in [0.2, 0.25) is 6.29 Å². The van der Waals surface area contributed by atoms with Crippen molar-refractivity contribution >= 4 is 23.2 Å². The van der Waals surface area contributed by atoms with Crippen molar-refractivity contribution in [2.45, 2.75) is 32.1 Å². The van der Waals surface area contributed by atoms with E-state index in [4.69, 9.17) is 25.1 Å². The molecule has 5 N–H and O–H groups in total. The number of aromatic nitrogens is 2. The molecule has 0 spiro atoms. The lowest BCUT2D eigenvalue weighted by Gasteiger charge is -2.29. The van der Waals surface area contributed by atoms with Crippen molar-refractivity contribution in [3.8, 4) is 5.69 Å². The number of nitrogens with one attached hydrogen (secondary N) is 2.